The minimum Gasteiger partial charge on any atom is -0.444 e. The van der Waals surface area contributed by atoms with E-state index < -0.39 is 59.7 Å². The highest BCUT2D eigenvalue weighted by atomic mass is 16.6. The van der Waals surface area contributed by atoms with Crippen LogP contribution in [-0.2, 0) is 36.8 Å². The van der Waals surface area contributed by atoms with Crippen molar-refractivity contribution in [2.75, 3.05) is 5.73 Å². The van der Waals surface area contributed by atoms with Gasteiger partial charge >= 0.3 is 6.09 Å². The van der Waals surface area contributed by atoms with Gasteiger partial charge in [-0.25, -0.2) is 14.8 Å². The summed E-state index contributed by atoms with van der Waals surface area (Å²) in [6.45, 7) is 18.2. The number of alkyl carbamates (subject to hydrolysis) is 1. The lowest BCUT2D eigenvalue weighted by Gasteiger charge is -2.30. The van der Waals surface area contributed by atoms with E-state index in [2.05, 4.69) is 31.2 Å². The Labute approximate surface area is 326 Å². The largest absolute Gasteiger partial charge is 0.444 e. The van der Waals surface area contributed by atoms with Gasteiger partial charge in [0.2, 0.25) is 17.7 Å². The number of aliphatic hydroxyl groups excluding tert-OH is 1. The molecule has 2 aromatic rings. The fourth-order valence-corrected chi connectivity index (χ4v) is 5.99. The number of hydrogen-bond donors (Lipinski definition) is 6. The lowest BCUT2D eigenvalue weighted by Crippen LogP contribution is -2.58. The van der Waals surface area contributed by atoms with E-state index >= 15 is 0 Å². The first-order valence-corrected chi connectivity index (χ1v) is 19.4. The Morgan fingerprint density at radius 3 is 2.11 bits per heavy atom. The molecule has 306 valence electrons. The normalized spacial score (nSPS) is 14.9. The Morgan fingerprint density at radius 1 is 0.891 bits per heavy atom. The topological polar surface area (TPSA) is 215 Å². The van der Waals surface area contributed by atoms with E-state index in [9.17, 15) is 29.1 Å². The molecule has 14 nitrogen and oxygen atoms in total. The van der Waals surface area contributed by atoms with Crippen LogP contribution in [-0.4, -0.2) is 80.5 Å². The van der Waals surface area contributed by atoms with Crippen molar-refractivity contribution in [2.45, 2.75) is 150 Å². The summed E-state index contributed by atoms with van der Waals surface area (Å²) in [7, 11) is 0. The highest BCUT2D eigenvalue weighted by Gasteiger charge is 2.33. The van der Waals surface area contributed by atoms with Gasteiger partial charge in [-0.2, -0.15) is 0 Å². The van der Waals surface area contributed by atoms with Crippen LogP contribution in [0.4, 0.5) is 10.6 Å². The number of nitrogens with zero attached hydrogens (tertiary/aromatic N) is 2. The molecule has 4 amide bonds. The Kier molecular flexibility index (Phi) is 18.7. The average molecular weight is 768 g/mol. The lowest BCUT2D eigenvalue weighted by atomic mass is 9.92. The number of amides is 4. The zero-order valence-electron chi connectivity index (χ0n) is 34.4. The predicted octanol–water partition coefficient (Wildman–Crippen LogP) is 4.35. The van der Waals surface area contributed by atoms with Crippen molar-refractivity contribution in [3.8, 4) is 0 Å². The minimum atomic E-state index is -1.15. The number of benzene rings is 1. The number of carbonyl (C=O) groups excluding carboxylic acids is 5. The summed E-state index contributed by atoms with van der Waals surface area (Å²) in [5.74, 6) is -1.18. The summed E-state index contributed by atoms with van der Waals surface area (Å²) >= 11 is 0. The van der Waals surface area contributed by atoms with Crippen molar-refractivity contribution in [1.82, 2.24) is 31.2 Å². The fraction of sp³-hybridized carbons (Fsp3) is 0.634. The molecule has 0 aliphatic heterocycles. The highest BCUT2D eigenvalue weighted by Crippen LogP contribution is 2.17. The molecule has 0 aliphatic carbocycles. The molecular formula is C41H65N7O7. The number of anilines is 1. The maximum atomic E-state index is 13.9. The number of nitrogens with two attached hydrogens (primary N) is 1. The van der Waals surface area contributed by atoms with Crippen molar-refractivity contribution in [3.05, 3.63) is 53.5 Å². The van der Waals surface area contributed by atoms with E-state index in [1.54, 1.807) is 47.7 Å². The predicted molar refractivity (Wildman–Crippen MR) is 213 cm³/mol. The molecule has 1 aromatic heterocycles. The molecule has 0 aliphatic rings. The second kappa shape index (κ2) is 22.1. The molecule has 0 bridgehead atoms. The van der Waals surface area contributed by atoms with Gasteiger partial charge in [-0.1, -0.05) is 78.3 Å². The average Bonchev–Trinajstić information content (AvgIpc) is 3.09. The molecule has 1 aromatic carbocycles. The van der Waals surface area contributed by atoms with Crippen molar-refractivity contribution in [2.24, 2.45) is 17.8 Å². The first-order chi connectivity index (χ1) is 25.7. The maximum Gasteiger partial charge on any atom is 0.408 e. The van der Waals surface area contributed by atoms with E-state index in [0.717, 1.165) is 5.56 Å². The third-order valence-electron chi connectivity index (χ3n) is 9.25. The SMILES string of the molecule is CC[C@H](C)[C@H](NC(=O)CC[C@H](O)[C@H](Cc1ccccc1)NC(=O)[C@@H](NC(=O)[C@H](CC(C)C)NC(=O)OC(C)(C)C)C(C)C)C(=O)CCc1cnc(C)nc1N. The van der Waals surface area contributed by atoms with Gasteiger partial charge in [0.05, 0.1) is 18.2 Å². The Bertz CT molecular complexity index is 1560. The molecule has 0 spiro atoms. The van der Waals surface area contributed by atoms with E-state index in [4.69, 9.17) is 10.5 Å². The molecule has 6 atom stereocenters. The van der Waals surface area contributed by atoms with E-state index in [1.165, 1.54) is 0 Å². The standard InChI is InChI=1S/C41H65N7O7/c1-11-26(6)36(33(50)18-17-29-23-43-27(7)44-37(29)42)47-34(51)20-19-32(49)30(22-28-15-13-12-14-16-28)45-39(53)35(25(4)5)48-38(52)31(21-24(2)3)46-40(54)55-41(8,9)10/h12-16,23-26,30-32,35-36,49H,11,17-22H2,1-10H3,(H,45,53)(H,46,54)(H,47,51)(H,48,52)(H2,42,43,44)/t26-,30-,31-,32-,35-,36-/m0/s1. The molecular weight excluding hydrogens is 702 g/mol. The van der Waals surface area contributed by atoms with Crippen LogP contribution < -0.4 is 27.0 Å². The number of nitrogen functional groups attached to an aromatic ring is 1. The van der Waals surface area contributed by atoms with Gasteiger partial charge in [-0.15, -0.1) is 0 Å². The van der Waals surface area contributed by atoms with Crippen LogP contribution in [0.15, 0.2) is 36.5 Å². The van der Waals surface area contributed by atoms with Crippen molar-refractivity contribution in [3.63, 3.8) is 0 Å². The molecule has 0 unspecified atom stereocenters. The first-order valence-electron chi connectivity index (χ1n) is 19.4. The second-order valence-electron chi connectivity index (χ2n) is 16.2. The summed E-state index contributed by atoms with van der Waals surface area (Å²) < 4.78 is 5.37. The van der Waals surface area contributed by atoms with Gasteiger partial charge in [0.15, 0.2) is 5.78 Å². The molecule has 55 heavy (non-hydrogen) atoms. The third kappa shape index (κ3) is 16.8. The van der Waals surface area contributed by atoms with E-state index in [0.29, 0.717) is 36.5 Å². The van der Waals surface area contributed by atoms with Crippen LogP contribution >= 0.6 is 0 Å². The Balaban J connectivity index is 2.17. The van der Waals surface area contributed by atoms with Crippen LogP contribution in [0, 0.1) is 24.7 Å². The molecule has 7 N–H and O–H groups in total. The summed E-state index contributed by atoms with van der Waals surface area (Å²) in [5.41, 5.74) is 6.76. The number of Topliss-reactive ketones (excluding diaryl/α,β-unsaturated/α-hetero) is 1. The van der Waals surface area contributed by atoms with Gasteiger partial charge < -0.3 is 36.8 Å². The van der Waals surface area contributed by atoms with Gasteiger partial charge in [0.25, 0.3) is 0 Å². The zero-order valence-corrected chi connectivity index (χ0v) is 34.4. The van der Waals surface area contributed by atoms with Crippen molar-refractivity contribution in [1.29, 1.82) is 0 Å². The van der Waals surface area contributed by atoms with Crippen LogP contribution in [0.1, 0.15) is 111 Å². The van der Waals surface area contributed by atoms with Crippen LogP contribution in [0.3, 0.4) is 0 Å². The summed E-state index contributed by atoms with van der Waals surface area (Å²) in [6.07, 6.45) is 1.32. The Hall–Kier alpha value is -4.59. The molecule has 0 saturated carbocycles. The van der Waals surface area contributed by atoms with Gasteiger partial charge in [-0.05, 0) is 76.7 Å². The second-order valence-corrected chi connectivity index (χ2v) is 16.2. The van der Waals surface area contributed by atoms with Crippen LogP contribution in [0.5, 0.6) is 0 Å². The summed E-state index contributed by atoms with van der Waals surface area (Å²) in [5, 5.41) is 22.7. The van der Waals surface area contributed by atoms with Crippen LogP contribution in [0.2, 0.25) is 0 Å². The third-order valence-corrected chi connectivity index (χ3v) is 9.25. The molecule has 0 fully saturated rings. The molecule has 1 heterocycles. The Morgan fingerprint density at radius 2 is 1.55 bits per heavy atom. The number of aromatic nitrogens is 2. The van der Waals surface area contributed by atoms with E-state index in [-0.39, 0.29) is 49.2 Å². The summed E-state index contributed by atoms with van der Waals surface area (Å²) in [4.78, 5) is 74.9. The maximum absolute atomic E-state index is 13.9. The number of ketones is 1. The first kappa shape index (κ1) is 46.6. The van der Waals surface area contributed by atoms with Gasteiger partial charge in [-0.3, -0.25) is 19.2 Å². The molecule has 0 radical (unpaired) electrons. The number of aryl methyl sites for hydroxylation is 2. The monoisotopic (exact) mass is 767 g/mol. The van der Waals surface area contributed by atoms with Crippen LogP contribution in [0.25, 0.3) is 0 Å². The minimum absolute atomic E-state index is 0.00273. The lowest BCUT2D eigenvalue weighted by molar-refractivity contribution is -0.132. The van der Waals surface area contributed by atoms with Gasteiger partial charge in [0, 0.05) is 24.6 Å². The van der Waals surface area contributed by atoms with Crippen molar-refractivity contribution >= 4 is 35.4 Å². The summed E-state index contributed by atoms with van der Waals surface area (Å²) in [6, 6.07) is 5.81. The van der Waals surface area contributed by atoms with E-state index in [1.807, 2.05) is 58.0 Å². The number of carbonyl (C=O) groups is 5. The quantitative estimate of drug-likeness (QED) is 0.106. The molecule has 14 heteroatoms. The smallest absolute Gasteiger partial charge is 0.408 e. The zero-order chi connectivity index (χ0) is 41.5. The van der Waals surface area contributed by atoms with Crippen molar-refractivity contribution < 1.29 is 33.8 Å². The number of nitrogens with one attached hydrogen (secondary N) is 4. The van der Waals surface area contributed by atoms with Gasteiger partial charge in [0.1, 0.15) is 29.3 Å². The number of ether oxygens (including phenoxy) is 1. The number of rotatable bonds is 21. The number of hydrogen-bond acceptors (Lipinski definition) is 10. The number of aliphatic hydroxyl groups is 1. The fourth-order valence-electron chi connectivity index (χ4n) is 5.99. The highest BCUT2D eigenvalue weighted by molar-refractivity contribution is 5.92. The molecule has 0 saturated heterocycles. The molecule has 2 rings (SSSR count).